The van der Waals surface area contributed by atoms with Crippen LogP contribution in [0.15, 0.2) is 97.1 Å². The molecule has 5 heterocycles. The van der Waals surface area contributed by atoms with Crippen molar-refractivity contribution in [3.8, 4) is 45.6 Å². The maximum absolute atomic E-state index is 5.02. The Hall–Kier alpha value is -5.37. The van der Waals surface area contributed by atoms with Gasteiger partial charge in [0.2, 0.25) is 0 Å². The minimum absolute atomic E-state index is 0.597. The molecule has 0 saturated heterocycles. The molecule has 11 heteroatoms. The van der Waals surface area contributed by atoms with Crippen LogP contribution in [0, 0.1) is 0 Å². The number of aromatic amines is 2. The molecule has 2 aliphatic heterocycles. The summed E-state index contributed by atoms with van der Waals surface area (Å²) < 4.78 is 4.53. The third kappa shape index (κ3) is 4.17. The Bertz CT molecular complexity index is 2060. The maximum atomic E-state index is 5.02. The molecule has 9 rings (SSSR count). The topological polar surface area (TPSA) is 118 Å². The van der Waals surface area contributed by atoms with Crippen LogP contribution >= 0.6 is 0 Å². The number of benzene rings is 4. The number of hydrogen-bond acceptors (Lipinski definition) is 7. The van der Waals surface area contributed by atoms with Crippen molar-refractivity contribution < 1.29 is 4.12 Å². The Balaban J connectivity index is 0.000000892. The minimum Gasteiger partial charge on any atom is -0.471 e. The summed E-state index contributed by atoms with van der Waals surface area (Å²) in [6.45, 7) is 0. The number of rotatable bonds is 0. The van der Waals surface area contributed by atoms with Crippen molar-refractivity contribution in [2.45, 2.75) is 0 Å². The largest absolute Gasteiger partial charge is 0.471 e. The second kappa shape index (κ2) is 10.2. The molecule has 43 heavy (non-hydrogen) atoms. The average Bonchev–Trinajstić information content (AvgIpc) is 3.77. The molecule has 2 N–H and O–H groups in total. The first-order valence-corrected chi connectivity index (χ1v) is 15.4. The molecule has 0 radical (unpaired) electrons. The molecule has 7 aromatic rings. The number of nitrogens with one attached hydrogen (secondary N) is 2. The molecule has 0 unspecified atom stereocenters. The summed E-state index contributed by atoms with van der Waals surface area (Å²) in [5, 5.41) is 3.82. The van der Waals surface area contributed by atoms with Crippen LogP contribution in [0.2, 0.25) is 0 Å². The molecule has 0 atom stereocenters. The fourth-order valence-electron chi connectivity index (χ4n) is 5.59. The quantitative estimate of drug-likeness (QED) is 0.250. The Kier molecular flexibility index (Phi) is 6.00. The van der Waals surface area contributed by atoms with Crippen LogP contribution in [-0.4, -0.2) is 60.8 Å². The van der Waals surface area contributed by atoms with Gasteiger partial charge in [-0.3, -0.25) is 0 Å². The molecule has 0 aliphatic carbocycles. The molecule has 206 valence electrons. The fourth-order valence-corrected chi connectivity index (χ4v) is 5.59. The van der Waals surface area contributed by atoms with Gasteiger partial charge in [-0.1, -0.05) is 97.1 Å². The predicted molar refractivity (Wildman–Crippen MR) is 177 cm³/mol. The van der Waals surface area contributed by atoms with Crippen molar-refractivity contribution in [1.29, 1.82) is 0 Å². The SMILES string of the molecule is [SiH3]O[SiH3].c1ccc2c(c1)-c1nc-2nc2[nH]c(nc3nc(nc4[nH]c(n1)c1ccccc41)-c1ccccc1-3)c1ccccc21. The lowest BCUT2D eigenvalue weighted by atomic mass is 10.1. The first-order valence-electron chi connectivity index (χ1n) is 13.8. The molecular formula is C32H24N8OSi2. The number of H-pyrrole nitrogens is 2. The van der Waals surface area contributed by atoms with Crippen LogP contribution in [0.4, 0.5) is 0 Å². The Morgan fingerprint density at radius 1 is 0.372 bits per heavy atom. The fraction of sp³-hybridized carbons (Fsp3) is 0. The third-order valence-corrected chi connectivity index (χ3v) is 7.46. The van der Waals surface area contributed by atoms with Gasteiger partial charge in [0, 0.05) is 43.8 Å². The van der Waals surface area contributed by atoms with Gasteiger partial charge in [-0.15, -0.1) is 0 Å². The van der Waals surface area contributed by atoms with Gasteiger partial charge in [0.05, 0.1) is 0 Å². The number of aromatic nitrogens is 8. The van der Waals surface area contributed by atoms with Crippen molar-refractivity contribution in [3.63, 3.8) is 0 Å². The highest BCUT2D eigenvalue weighted by molar-refractivity contribution is 6.15. The molecule has 8 bridgehead atoms. The van der Waals surface area contributed by atoms with E-state index in [-0.39, 0.29) is 0 Å². The van der Waals surface area contributed by atoms with E-state index in [0.717, 1.165) is 64.8 Å². The Labute approximate surface area is 251 Å². The molecule has 9 nitrogen and oxygen atoms in total. The van der Waals surface area contributed by atoms with E-state index < -0.39 is 0 Å². The molecule has 3 aromatic heterocycles. The smallest absolute Gasteiger partial charge is 0.164 e. The van der Waals surface area contributed by atoms with E-state index in [2.05, 4.69) is 14.1 Å². The highest BCUT2D eigenvalue weighted by Gasteiger charge is 2.21. The van der Waals surface area contributed by atoms with Gasteiger partial charge in [0.15, 0.2) is 23.3 Å². The molecular weight excluding hydrogens is 569 g/mol. The molecule has 0 saturated carbocycles. The summed E-state index contributed by atoms with van der Waals surface area (Å²) in [6.07, 6.45) is 0. The van der Waals surface area contributed by atoms with Crippen LogP contribution in [0.3, 0.4) is 0 Å². The van der Waals surface area contributed by atoms with Gasteiger partial charge >= 0.3 is 0 Å². The van der Waals surface area contributed by atoms with E-state index in [0.29, 0.717) is 45.9 Å². The van der Waals surface area contributed by atoms with E-state index in [1.54, 1.807) is 0 Å². The number of hydrogen-bond donors (Lipinski definition) is 2. The van der Waals surface area contributed by atoms with Crippen LogP contribution in [0.1, 0.15) is 0 Å². The van der Waals surface area contributed by atoms with Gasteiger partial charge in [0.25, 0.3) is 0 Å². The first kappa shape index (κ1) is 25.4. The monoisotopic (exact) mass is 592 g/mol. The Morgan fingerprint density at radius 3 is 0.860 bits per heavy atom. The average molecular weight is 593 g/mol. The van der Waals surface area contributed by atoms with Crippen molar-refractivity contribution in [2.24, 2.45) is 0 Å². The van der Waals surface area contributed by atoms with E-state index in [4.69, 9.17) is 29.9 Å². The van der Waals surface area contributed by atoms with E-state index >= 15 is 0 Å². The summed E-state index contributed by atoms with van der Waals surface area (Å²) in [7, 11) is 1.86. The van der Waals surface area contributed by atoms with Crippen molar-refractivity contribution >= 4 is 65.1 Å². The highest BCUT2D eigenvalue weighted by Crippen LogP contribution is 2.36. The second-order valence-corrected chi connectivity index (χ2v) is 13.5. The summed E-state index contributed by atoms with van der Waals surface area (Å²) in [4.78, 5) is 36.8. The van der Waals surface area contributed by atoms with Gasteiger partial charge in [0.1, 0.15) is 43.6 Å². The summed E-state index contributed by atoms with van der Waals surface area (Å²) in [5.74, 6) is 2.39. The highest BCUT2D eigenvalue weighted by atomic mass is 28.3. The summed E-state index contributed by atoms with van der Waals surface area (Å²) in [5.41, 5.74) is 6.45. The van der Waals surface area contributed by atoms with Crippen molar-refractivity contribution in [3.05, 3.63) is 97.1 Å². The second-order valence-electron chi connectivity index (χ2n) is 10.2. The zero-order chi connectivity index (χ0) is 28.9. The molecule has 2 aliphatic rings. The van der Waals surface area contributed by atoms with Crippen molar-refractivity contribution in [2.75, 3.05) is 0 Å². The van der Waals surface area contributed by atoms with E-state index in [1.165, 1.54) is 0 Å². The number of nitrogens with zero attached hydrogens (tertiary/aromatic N) is 6. The lowest BCUT2D eigenvalue weighted by Crippen LogP contribution is -1.82. The third-order valence-electron chi connectivity index (χ3n) is 7.46. The van der Waals surface area contributed by atoms with E-state index in [1.807, 2.05) is 97.1 Å². The molecule has 4 aromatic carbocycles. The van der Waals surface area contributed by atoms with Crippen LogP contribution in [0.5, 0.6) is 0 Å². The normalized spacial score (nSPS) is 11.7. The van der Waals surface area contributed by atoms with Gasteiger partial charge in [-0.05, 0) is 0 Å². The summed E-state index contributed by atoms with van der Waals surface area (Å²) >= 11 is 0. The van der Waals surface area contributed by atoms with Crippen LogP contribution < -0.4 is 0 Å². The lowest BCUT2D eigenvalue weighted by molar-refractivity contribution is 0.690. The number of fused-ring (bicyclic) bond motifs is 20. The van der Waals surface area contributed by atoms with Gasteiger partial charge in [-0.25, -0.2) is 29.9 Å². The van der Waals surface area contributed by atoms with Crippen molar-refractivity contribution in [1.82, 2.24) is 39.9 Å². The van der Waals surface area contributed by atoms with Crippen LogP contribution in [-0.2, 0) is 4.12 Å². The molecule has 0 spiro atoms. The maximum Gasteiger partial charge on any atom is 0.164 e. The zero-order valence-corrected chi connectivity index (χ0v) is 27.3. The summed E-state index contributed by atoms with van der Waals surface area (Å²) in [6, 6.07) is 32.2. The van der Waals surface area contributed by atoms with E-state index in [9.17, 15) is 0 Å². The molecule has 0 amide bonds. The predicted octanol–water partition coefficient (Wildman–Crippen LogP) is 4.43. The molecule has 0 fully saturated rings. The minimum atomic E-state index is 0.597. The Morgan fingerprint density at radius 2 is 0.605 bits per heavy atom. The zero-order valence-electron chi connectivity index (χ0n) is 23.3. The van der Waals surface area contributed by atoms with Gasteiger partial charge in [-0.2, -0.15) is 0 Å². The lowest BCUT2D eigenvalue weighted by Gasteiger charge is -1.96. The first-order chi connectivity index (χ1) is 21.2. The van der Waals surface area contributed by atoms with Crippen LogP contribution in [0.25, 0.3) is 89.7 Å². The standard InChI is InChI=1S/C32H18N8.H6OSi2/c1-2-10-18-17(9-1)25-33-26(18)38-28-21-13-5-6-14-22(21)30(35-28)40-32-24-16-8-7-15-23(24)31(36-32)39-29-20-12-4-3-11-19(20)27(34-29)37-25;2-1-3/h1-16H,(H2,33,34,35,36,37,38,39,40);2-3H3. The van der Waals surface area contributed by atoms with Gasteiger partial charge < -0.3 is 14.1 Å².